The van der Waals surface area contributed by atoms with Crippen molar-refractivity contribution in [3.8, 4) is 0 Å². The van der Waals surface area contributed by atoms with Gasteiger partial charge in [0.1, 0.15) is 17.2 Å². The van der Waals surface area contributed by atoms with Gasteiger partial charge in [0, 0.05) is 30.6 Å². The Morgan fingerprint density at radius 3 is 2.96 bits per heavy atom. The zero-order chi connectivity index (χ0) is 17.1. The molecule has 0 saturated heterocycles. The number of pyridine rings is 1. The van der Waals surface area contributed by atoms with Gasteiger partial charge in [-0.2, -0.15) is 0 Å². The van der Waals surface area contributed by atoms with Crippen LogP contribution < -0.4 is 5.32 Å². The summed E-state index contributed by atoms with van der Waals surface area (Å²) in [5.41, 5.74) is 1.61. The van der Waals surface area contributed by atoms with Crippen LogP contribution in [0.1, 0.15) is 11.6 Å². The van der Waals surface area contributed by atoms with Crippen LogP contribution in [0.3, 0.4) is 0 Å². The first kappa shape index (κ1) is 15.1. The molecular formula is C19H16N4O2. The SMILES string of the molecule is O=C(C=Cc1cc2ccccc2o1)NCCc1nnc2ccccn12. The summed E-state index contributed by atoms with van der Waals surface area (Å²) in [6.45, 7) is 0.485. The number of nitrogens with one attached hydrogen (secondary N) is 1. The number of benzene rings is 1. The molecule has 0 radical (unpaired) electrons. The van der Waals surface area contributed by atoms with Crippen molar-refractivity contribution in [2.24, 2.45) is 0 Å². The number of hydrogen-bond donors (Lipinski definition) is 1. The quantitative estimate of drug-likeness (QED) is 0.570. The molecule has 6 nitrogen and oxygen atoms in total. The lowest BCUT2D eigenvalue weighted by Gasteiger charge is -2.01. The molecule has 6 heteroatoms. The van der Waals surface area contributed by atoms with Gasteiger partial charge in [-0.3, -0.25) is 9.20 Å². The van der Waals surface area contributed by atoms with Crippen LogP contribution in [-0.4, -0.2) is 27.0 Å². The number of nitrogens with zero attached hydrogens (tertiary/aromatic N) is 3. The van der Waals surface area contributed by atoms with Gasteiger partial charge in [0.25, 0.3) is 0 Å². The Hall–Kier alpha value is -3.41. The topological polar surface area (TPSA) is 72.4 Å². The third-order valence-corrected chi connectivity index (χ3v) is 3.88. The van der Waals surface area contributed by atoms with Crippen LogP contribution in [0.15, 0.2) is 65.2 Å². The van der Waals surface area contributed by atoms with Gasteiger partial charge in [-0.15, -0.1) is 10.2 Å². The molecule has 4 aromatic rings. The van der Waals surface area contributed by atoms with E-state index in [2.05, 4.69) is 15.5 Å². The molecular weight excluding hydrogens is 316 g/mol. The van der Waals surface area contributed by atoms with Crippen molar-refractivity contribution < 1.29 is 9.21 Å². The fraction of sp³-hybridized carbons (Fsp3) is 0.105. The molecule has 0 fully saturated rings. The second-order valence-electron chi connectivity index (χ2n) is 5.61. The van der Waals surface area contributed by atoms with Gasteiger partial charge in [0.2, 0.25) is 5.91 Å². The highest BCUT2D eigenvalue weighted by molar-refractivity contribution is 5.92. The molecule has 0 aliphatic carbocycles. The molecule has 0 aliphatic rings. The zero-order valence-electron chi connectivity index (χ0n) is 13.4. The fourth-order valence-corrected chi connectivity index (χ4v) is 2.66. The number of amides is 1. The van der Waals surface area contributed by atoms with Crippen LogP contribution in [-0.2, 0) is 11.2 Å². The standard InChI is InChI=1S/C19H16N4O2/c24-19(9-8-15-13-14-5-1-2-6-16(14)25-15)20-11-10-18-22-21-17-7-3-4-12-23(17)18/h1-9,12-13H,10-11H2,(H,20,24). The van der Waals surface area contributed by atoms with E-state index in [9.17, 15) is 4.79 Å². The molecule has 0 aliphatic heterocycles. The molecule has 0 unspecified atom stereocenters. The van der Waals surface area contributed by atoms with Crippen molar-refractivity contribution in [2.45, 2.75) is 6.42 Å². The number of carbonyl (C=O) groups is 1. The molecule has 3 heterocycles. The molecule has 0 bridgehead atoms. The van der Waals surface area contributed by atoms with Crippen LogP contribution in [0.25, 0.3) is 22.7 Å². The average Bonchev–Trinajstić information content (AvgIpc) is 3.24. The Balaban J connectivity index is 1.34. The predicted octanol–water partition coefficient (Wildman–Crippen LogP) is 2.85. The maximum absolute atomic E-state index is 11.9. The highest BCUT2D eigenvalue weighted by Crippen LogP contribution is 2.19. The first-order chi connectivity index (χ1) is 12.3. The van der Waals surface area contributed by atoms with Gasteiger partial charge in [-0.05, 0) is 30.3 Å². The Labute approximate surface area is 143 Å². The van der Waals surface area contributed by atoms with E-state index in [1.807, 2.05) is 59.1 Å². The van der Waals surface area contributed by atoms with E-state index >= 15 is 0 Å². The van der Waals surface area contributed by atoms with Crippen LogP contribution >= 0.6 is 0 Å². The van der Waals surface area contributed by atoms with E-state index in [0.717, 1.165) is 22.4 Å². The Bertz CT molecular complexity index is 1030. The third kappa shape index (κ3) is 3.28. The Morgan fingerprint density at radius 2 is 2.04 bits per heavy atom. The third-order valence-electron chi connectivity index (χ3n) is 3.88. The minimum atomic E-state index is -0.172. The smallest absolute Gasteiger partial charge is 0.244 e. The van der Waals surface area contributed by atoms with Crippen molar-refractivity contribution in [1.82, 2.24) is 19.9 Å². The summed E-state index contributed by atoms with van der Waals surface area (Å²) in [4.78, 5) is 11.9. The monoisotopic (exact) mass is 332 g/mol. The van der Waals surface area contributed by atoms with E-state index in [4.69, 9.17) is 4.42 Å². The maximum atomic E-state index is 11.9. The van der Waals surface area contributed by atoms with Gasteiger partial charge < -0.3 is 9.73 Å². The van der Waals surface area contributed by atoms with E-state index in [1.54, 1.807) is 6.08 Å². The molecule has 1 amide bonds. The molecule has 0 saturated carbocycles. The lowest BCUT2D eigenvalue weighted by atomic mass is 10.2. The molecule has 25 heavy (non-hydrogen) atoms. The van der Waals surface area contributed by atoms with Crippen molar-refractivity contribution >= 4 is 28.6 Å². The van der Waals surface area contributed by atoms with Crippen molar-refractivity contribution in [3.63, 3.8) is 0 Å². The highest BCUT2D eigenvalue weighted by Gasteiger charge is 2.05. The summed E-state index contributed by atoms with van der Waals surface area (Å²) in [6, 6.07) is 15.4. The minimum Gasteiger partial charge on any atom is -0.457 e. The molecule has 0 atom stereocenters. The minimum absolute atomic E-state index is 0.172. The molecule has 3 aromatic heterocycles. The number of fused-ring (bicyclic) bond motifs is 2. The lowest BCUT2D eigenvalue weighted by Crippen LogP contribution is -2.24. The van der Waals surface area contributed by atoms with Crippen molar-refractivity contribution in [3.05, 3.63) is 72.4 Å². The first-order valence-corrected chi connectivity index (χ1v) is 8.03. The van der Waals surface area contributed by atoms with E-state index in [0.29, 0.717) is 18.7 Å². The summed E-state index contributed by atoms with van der Waals surface area (Å²) in [5, 5.41) is 12.1. The first-order valence-electron chi connectivity index (χ1n) is 8.03. The van der Waals surface area contributed by atoms with Crippen molar-refractivity contribution in [2.75, 3.05) is 6.54 Å². The summed E-state index contributed by atoms with van der Waals surface area (Å²) < 4.78 is 7.55. The van der Waals surface area contributed by atoms with Crippen LogP contribution in [0.2, 0.25) is 0 Å². The number of aromatic nitrogens is 3. The zero-order valence-corrected chi connectivity index (χ0v) is 13.4. The molecule has 1 aromatic carbocycles. The molecule has 4 rings (SSSR count). The number of hydrogen-bond acceptors (Lipinski definition) is 4. The summed E-state index contributed by atoms with van der Waals surface area (Å²) in [7, 11) is 0. The average molecular weight is 332 g/mol. The number of rotatable bonds is 5. The van der Waals surface area contributed by atoms with Gasteiger partial charge in [0.15, 0.2) is 5.65 Å². The van der Waals surface area contributed by atoms with Crippen LogP contribution in [0, 0.1) is 0 Å². The summed E-state index contributed by atoms with van der Waals surface area (Å²) in [5.74, 6) is 1.30. The second kappa shape index (κ2) is 6.60. The van der Waals surface area contributed by atoms with Crippen LogP contribution in [0.4, 0.5) is 0 Å². The number of carbonyl (C=O) groups excluding carboxylic acids is 1. The number of para-hydroxylation sites is 1. The van der Waals surface area contributed by atoms with Crippen LogP contribution in [0.5, 0.6) is 0 Å². The summed E-state index contributed by atoms with van der Waals surface area (Å²) >= 11 is 0. The van der Waals surface area contributed by atoms with Gasteiger partial charge in [0.05, 0.1) is 0 Å². The second-order valence-corrected chi connectivity index (χ2v) is 5.61. The van der Waals surface area contributed by atoms with Crippen molar-refractivity contribution in [1.29, 1.82) is 0 Å². The van der Waals surface area contributed by atoms with Gasteiger partial charge >= 0.3 is 0 Å². The maximum Gasteiger partial charge on any atom is 0.244 e. The van der Waals surface area contributed by atoms with E-state index < -0.39 is 0 Å². The largest absolute Gasteiger partial charge is 0.457 e. The van der Waals surface area contributed by atoms with E-state index in [1.165, 1.54) is 6.08 Å². The van der Waals surface area contributed by atoms with E-state index in [-0.39, 0.29) is 5.91 Å². The molecule has 1 N–H and O–H groups in total. The van der Waals surface area contributed by atoms with Gasteiger partial charge in [-0.25, -0.2) is 0 Å². The molecule has 0 spiro atoms. The normalized spacial score (nSPS) is 11.5. The predicted molar refractivity (Wildman–Crippen MR) is 94.9 cm³/mol. The Morgan fingerprint density at radius 1 is 1.16 bits per heavy atom. The highest BCUT2D eigenvalue weighted by atomic mass is 16.3. The Kier molecular flexibility index (Phi) is 4.00. The fourth-order valence-electron chi connectivity index (χ4n) is 2.66. The van der Waals surface area contributed by atoms with Gasteiger partial charge in [-0.1, -0.05) is 24.3 Å². The number of furan rings is 1. The molecule has 124 valence electrons. The summed E-state index contributed by atoms with van der Waals surface area (Å²) in [6.07, 6.45) is 5.66. The lowest BCUT2D eigenvalue weighted by molar-refractivity contribution is -0.116.